The summed E-state index contributed by atoms with van der Waals surface area (Å²) in [5.74, 6) is 1.87. The molecule has 0 saturated heterocycles. The maximum atomic E-state index is 4.10. The highest BCUT2D eigenvalue weighted by atomic mass is 31.0. The normalized spacial score (nSPS) is 11.7. The van der Waals surface area contributed by atoms with Crippen molar-refractivity contribution >= 4 is 9.24 Å². The largest absolute Gasteiger partial charge is 0.0834 e. The van der Waals surface area contributed by atoms with E-state index >= 15 is 0 Å². The molecule has 0 aromatic rings. The van der Waals surface area contributed by atoms with Crippen LogP contribution in [0.3, 0.4) is 0 Å². The molecule has 0 fully saturated rings. The standard InChI is InChI=1S/C30H59P/c1-2-3-4-5-6-7-8-9-10-11-12-13-14-15-16-17-18-19-20-21-22-23-24-25-26-27-28-29-30-31/h29-30H,2-28H2,1H3. The van der Waals surface area contributed by atoms with Gasteiger partial charge >= 0.3 is 0 Å². The molecule has 0 aliphatic carbocycles. The van der Waals surface area contributed by atoms with E-state index in [9.17, 15) is 0 Å². The minimum absolute atomic E-state index is 1.21. The smallest absolute Gasteiger partial charge is 0.0146 e. The minimum Gasteiger partial charge on any atom is -0.0834 e. The molecule has 0 aromatic heterocycles. The van der Waals surface area contributed by atoms with Gasteiger partial charge in [0.1, 0.15) is 0 Å². The van der Waals surface area contributed by atoms with Gasteiger partial charge in [-0.1, -0.05) is 179 Å². The first-order valence-corrected chi connectivity index (χ1v) is 15.2. The summed E-state index contributed by atoms with van der Waals surface area (Å²) in [5.41, 5.74) is 0. The van der Waals surface area contributed by atoms with Gasteiger partial charge in [0, 0.05) is 0 Å². The average Bonchev–Trinajstić information content (AvgIpc) is 2.78. The predicted octanol–water partition coefficient (Wildman–Crippen LogP) is 12.5. The van der Waals surface area contributed by atoms with E-state index in [1.54, 1.807) is 0 Å². The molecule has 0 bridgehead atoms. The van der Waals surface area contributed by atoms with Gasteiger partial charge in [0.15, 0.2) is 0 Å². The summed E-state index contributed by atoms with van der Waals surface area (Å²) in [6.07, 6.45) is 41.4. The summed E-state index contributed by atoms with van der Waals surface area (Å²) in [7, 11) is 4.10. The van der Waals surface area contributed by atoms with Gasteiger partial charge in [-0.3, -0.25) is 0 Å². The summed E-state index contributed by atoms with van der Waals surface area (Å²) in [6, 6.07) is 0. The molecule has 0 atom stereocenters. The summed E-state index contributed by atoms with van der Waals surface area (Å²) >= 11 is 0. The molecule has 0 aliphatic rings. The number of hydrogen-bond acceptors (Lipinski definition) is 0. The maximum Gasteiger partial charge on any atom is -0.0146 e. The van der Waals surface area contributed by atoms with Crippen molar-refractivity contribution in [1.29, 1.82) is 0 Å². The van der Waals surface area contributed by atoms with E-state index in [1.165, 1.54) is 173 Å². The SMILES string of the molecule is CCCCCCCCCCCCCCCCCCCCCCCCCCCCC=C[P]. The van der Waals surface area contributed by atoms with Crippen LogP contribution >= 0.6 is 9.24 Å². The lowest BCUT2D eigenvalue weighted by atomic mass is 10.0. The summed E-state index contributed by atoms with van der Waals surface area (Å²) < 4.78 is 0. The van der Waals surface area contributed by atoms with Crippen LogP contribution in [0.15, 0.2) is 11.9 Å². The summed E-state index contributed by atoms with van der Waals surface area (Å²) in [6.45, 7) is 2.30. The molecule has 0 rings (SSSR count). The molecular formula is C30H59P. The monoisotopic (exact) mass is 450 g/mol. The first-order valence-electron chi connectivity index (χ1n) is 14.7. The van der Waals surface area contributed by atoms with Crippen molar-refractivity contribution in [1.82, 2.24) is 0 Å². The van der Waals surface area contributed by atoms with Gasteiger partial charge in [0.2, 0.25) is 0 Å². The Morgan fingerprint density at radius 3 is 0.806 bits per heavy atom. The second-order valence-corrected chi connectivity index (χ2v) is 10.3. The van der Waals surface area contributed by atoms with Gasteiger partial charge in [-0.15, -0.1) is 0 Å². The van der Waals surface area contributed by atoms with Gasteiger partial charge in [0.05, 0.1) is 0 Å². The second-order valence-electron chi connectivity index (χ2n) is 10.0. The Labute approximate surface area is 201 Å². The van der Waals surface area contributed by atoms with Crippen LogP contribution in [0.1, 0.15) is 180 Å². The van der Waals surface area contributed by atoms with Crippen LogP contribution in [0.5, 0.6) is 0 Å². The third-order valence-electron chi connectivity index (χ3n) is 6.83. The zero-order valence-electron chi connectivity index (χ0n) is 21.7. The highest BCUT2D eigenvalue weighted by molar-refractivity contribution is 7.20. The molecule has 184 valence electrons. The van der Waals surface area contributed by atoms with E-state index < -0.39 is 0 Å². The van der Waals surface area contributed by atoms with Gasteiger partial charge < -0.3 is 0 Å². The van der Waals surface area contributed by atoms with Crippen molar-refractivity contribution in [2.45, 2.75) is 180 Å². The Balaban J connectivity index is 2.99. The van der Waals surface area contributed by atoms with Crippen LogP contribution in [0.2, 0.25) is 0 Å². The van der Waals surface area contributed by atoms with Crippen molar-refractivity contribution in [3.05, 3.63) is 11.9 Å². The number of allylic oxidation sites excluding steroid dienone is 1. The molecule has 0 amide bonds. The highest BCUT2D eigenvalue weighted by Gasteiger charge is 1.96. The van der Waals surface area contributed by atoms with Crippen LogP contribution in [0, 0.1) is 0 Å². The van der Waals surface area contributed by atoms with Crippen LogP contribution < -0.4 is 0 Å². The molecule has 0 spiro atoms. The Morgan fingerprint density at radius 2 is 0.581 bits per heavy atom. The average molecular weight is 451 g/mol. The quantitative estimate of drug-likeness (QED) is 0.0862. The van der Waals surface area contributed by atoms with Crippen LogP contribution in [0.25, 0.3) is 0 Å². The zero-order chi connectivity index (χ0) is 22.5. The van der Waals surface area contributed by atoms with Crippen LogP contribution in [-0.2, 0) is 0 Å². The number of rotatable bonds is 27. The first-order chi connectivity index (χ1) is 15.4. The van der Waals surface area contributed by atoms with E-state index in [-0.39, 0.29) is 0 Å². The fourth-order valence-corrected chi connectivity index (χ4v) is 4.80. The van der Waals surface area contributed by atoms with Crippen molar-refractivity contribution < 1.29 is 0 Å². The molecule has 0 nitrogen and oxygen atoms in total. The molecule has 0 heterocycles. The Hall–Kier alpha value is 0.170. The number of unbranched alkanes of at least 4 members (excludes halogenated alkanes) is 26. The van der Waals surface area contributed by atoms with E-state index in [2.05, 4.69) is 22.2 Å². The second kappa shape index (κ2) is 30.2. The zero-order valence-corrected chi connectivity index (χ0v) is 22.6. The lowest BCUT2D eigenvalue weighted by Gasteiger charge is -2.04. The Morgan fingerprint density at radius 1 is 0.355 bits per heavy atom. The fraction of sp³-hybridized carbons (Fsp3) is 0.933. The Bertz CT molecular complexity index is 322. The lowest BCUT2D eigenvalue weighted by molar-refractivity contribution is 0.515. The van der Waals surface area contributed by atoms with Gasteiger partial charge in [-0.25, -0.2) is 0 Å². The van der Waals surface area contributed by atoms with Gasteiger partial charge in [0.25, 0.3) is 0 Å². The molecule has 2 radical (unpaired) electrons. The lowest BCUT2D eigenvalue weighted by Crippen LogP contribution is -1.84. The first kappa shape index (κ1) is 31.2. The third kappa shape index (κ3) is 30.2. The molecule has 0 aromatic carbocycles. The van der Waals surface area contributed by atoms with E-state index in [0.29, 0.717) is 0 Å². The topological polar surface area (TPSA) is 0 Å². The number of hydrogen-bond donors (Lipinski definition) is 0. The fourth-order valence-electron chi connectivity index (χ4n) is 4.65. The van der Waals surface area contributed by atoms with Crippen molar-refractivity contribution in [3.63, 3.8) is 0 Å². The van der Waals surface area contributed by atoms with Crippen molar-refractivity contribution in [2.75, 3.05) is 0 Å². The molecule has 31 heavy (non-hydrogen) atoms. The predicted molar refractivity (Wildman–Crippen MR) is 146 cm³/mol. The molecule has 0 aliphatic heterocycles. The van der Waals surface area contributed by atoms with E-state index in [0.717, 1.165) is 0 Å². The van der Waals surface area contributed by atoms with Crippen LogP contribution in [-0.4, -0.2) is 0 Å². The van der Waals surface area contributed by atoms with Crippen molar-refractivity contribution in [3.8, 4) is 0 Å². The summed E-state index contributed by atoms with van der Waals surface area (Å²) in [4.78, 5) is 0. The molecule has 1 heteroatoms. The highest BCUT2D eigenvalue weighted by Crippen LogP contribution is 2.16. The molecule has 0 N–H and O–H groups in total. The third-order valence-corrected chi connectivity index (χ3v) is 7.04. The maximum absolute atomic E-state index is 4.10. The Kier molecular flexibility index (Phi) is 30.3. The summed E-state index contributed by atoms with van der Waals surface area (Å²) in [5, 5.41) is 0. The van der Waals surface area contributed by atoms with E-state index in [4.69, 9.17) is 0 Å². The molecular weight excluding hydrogens is 391 g/mol. The van der Waals surface area contributed by atoms with Crippen LogP contribution in [0.4, 0.5) is 0 Å². The van der Waals surface area contributed by atoms with Gasteiger partial charge in [-0.2, -0.15) is 0 Å². The van der Waals surface area contributed by atoms with Crippen molar-refractivity contribution in [2.24, 2.45) is 0 Å². The van der Waals surface area contributed by atoms with E-state index in [1.807, 2.05) is 5.82 Å². The molecule has 0 saturated carbocycles. The van der Waals surface area contributed by atoms with Gasteiger partial charge in [-0.05, 0) is 22.1 Å². The molecule has 0 unspecified atom stereocenters. The minimum atomic E-state index is 1.21.